The molecule has 1 aromatic carbocycles. The zero-order valence-corrected chi connectivity index (χ0v) is 15.4. The van der Waals surface area contributed by atoms with Crippen LogP contribution in [0, 0.1) is 0 Å². The number of carbonyl (C=O) groups excluding carboxylic acids is 2. The van der Waals surface area contributed by atoms with E-state index in [4.69, 9.17) is 9.29 Å². The van der Waals surface area contributed by atoms with Crippen LogP contribution in [0.4, 0.5) is 4.79 Å². The molecule has 0 spiro atoms. The Morgan fingerprint density at radius 1 is 1.32 bits per heavy atom. The summed E-state index contributed by atoms with van der Waals surface area (Å²) < 4.78 is 42.2. The molecule has 4 rings (SSSR count). The molecular formula is C16H16N4O7S. The molecule has 3 heterocycles. The van der Waals surface area contributed by atoms with Crippen molar-refractivity contribution < 1.29 is 31.6 Å². The Hall–Kier alpha value is -2.96. The molecule has 1 fully saturated rings. The number of rotatable bonds is 5. The van der Waals surface area contributed by atoms with E-state index in [0.29, 0.717) is 17.2 Å². The van der Waals surface area contributed by atoms with Gasteiger partial charge in [0.1, 0.15) is 11.7 Å². The molecule has 28 heavy (non-hydrogen) atoms. The van der Waals surface area contributed by atoms with Crippen molar-refractivity contribution in [3.8, 4) is 0 Å². The molecule has 2 aliphatic heterocycles. The van der Waals surface area contributed by atoms with Crippen LogP contribution in [0.25, 0.3) is 0 Å². The van der Waals surface area contributed by atoms with Crippen molar-refractivity contribution in [1.82, 2.24) is 19.7 Å². The number of esters is 1. The van der Waals surface area contributed by atoms with E-state index in [1.807, 2.05) is 30.3 Å². The predicted molar refractivity (Wildman–Crippen MR) is 91.8 cm³/mol. The van der Waals surface area contributed by atoms with Crippen molar-refractivity contribution in [3.05, 3.63) is 53.3 Å². The van der Waals surface area contributed by atoms with E-state index >= 15 is 0 Å². The van der Waals surface area contributed by atoms with Crippen LogP contribution in [-0.4, -0.2) is 58.4 Å². The maximum absolute atomic E-state index is 12.5. The lowest BCUT2D eigenvalue weighted by molar-refractivity contribution is -0.146. The average Bonchev–Trinajstić information content (AvgIpc) is 3.17. The van der Waals surface area contributed by atoms with E-state index in [-0.39, 0.29) is 12.2 Å². The number of aromatic nitrogens is 2. The molecule has 1 unspecified atom stereocenters. The lowest BCUT2D eigenvalue weighted by Gasteiger charge is -2.27. The fraction of sp³-hybridized carbons (Fsp3) is 0.312. The number of benzene rings is 1. The first-order valence-electron chi connectivity index (χ1n) is 8.24. The second kappa shape index (κ2) is 6.58. The third kappa shape index (κ3) is 3.10. The number of methoxy groups -OCH3 is 1. The molecule has 0 aliphatic carbocycles. The minimum Gasteiger partial charge on any atom is -0.467 e. The van der Waals surface area contributed by atoms with E-state index < -0.39 is 34.5 Å². The van der Waals surface area contributed by atoms with E-state index in [9.17, 15) is 18.0 Å². The summed E-state index contributed by atoms with van der Waals surface area (Å²) in [6.07, 6.45) is 1.62. The van der Waals surface area contributed by atoms with Crippen molar-refractivity contribution in [1.29, 1.82) is 0 Å². The monoisotopic (exact) mass is 408 g/mol. The normalized spacial score (nSPS) is 21.0. The van der Waals surface area contributed by atoms with Gasteiger partial charge in [0.15, 0.2) is 6.04 Å². The molecule has 1 saturated heterocycles. The highest BCUT2D eigenvalue weighted by molar-refractivity contribution is 7.80. The summed E-state index contributed by atoms with van der Waals surface area (Å²) in [4.78, 5) is 26.0. The maximum Gasteiger partial charge on any atom is 0.418 e. The van der Waals surface area contributed by atoms with Crippen LogP contribution in [0.1, 0.15) is 28.9 Å². The van der Waals surface area contributed by atoms with Crippen molar-refractivity contribution in [2.24, 2.45) is 0 Å². The quantitative estimate of drug-likeness (QED) is 0.564. The van der Waals surface area contributed by atoms with Crippen molar-refractivity contribution in [2.75, 3.05) is 13.7 Å². The Morgan fingerprint density at radius 3 is 2.68 bits per heavy atom. The Morgan fingerprint density at radius 2 is 2.04 bits per heavy atom. The number of carbonyl (C=O) groups is 2. The average molecular weight is 408 g/mol. The van der Waals surface area contributed by atoms with E-state index in [2.05, 4.69) is 9.38 Å². The van der Waals surface area contributed by atoms with Crippen molar-refractivity contribution >= 4 is 22.4 Å². The van der Waals surface area contributed by atoms with Gasteiger partial charge in [-0.3, -0.25) is 9.23 Å². The van der Waals surface area contributed by atoms with Crippen molar-refractivity contribution in [3.63, 3.8) is 0 Å². The molecule has 1 N–H and O–H groups in total. The summed E-state index contributed by atoms with van der Waals surface area (Å²) >= 11 is 0. The number of hydroxylamine groups is 2. The number of amides is 2. The second-order valence-corrected chi connectivity index (χ2v) is 7.36. The number of nitrogens with zero attached hydrogens (tertiary/aromatic N) is 4. The number of fused-ring (bicyclic) bond motifs is 4. The number of hydrogen-bond donors (Lipinski definition) is 1. The molecular weight excluding hydrogens is 392 g/mol. The van der Waals surface area contributed by atoms with Gasteiger partial charge in [0, 0.05) is 11.8 Å². The van der Waals surface area contributed by atoms with Crippen LogP contribution in [0.5, 0.6) is 0 Å². The van der Waals surface area contributed by atoms with Gasteiger partial charge in [-0.1, -0.05) is 30.3 Å². The van der Waals surface area contributed by atoms with E-state index in [0.717, 1.165) is 10.5 Å². The van der Waals surface area contributed by atoms with Gasteiger partial charge in [-0.2, -0.15) is 18.6 Å². The summed E-state index contributed by atoms with van der Waals surface area (Å²) in [5.74, 6) is -0.716. The number of hydrogen-bond acceptors (Lipinski definition) is 7. The fourth-order valence-corrected chi connectivity index (χ4v) is 3.87. The van der Waals surface area contributed by atoms with E-state index in [1.165, 1.54) is 7.11 Å². The minimum absolute atomic E-state index is 0.0157. The summed E-state index contributed by atoms with van der Waals surface area (Å²) in [5.41, 5.74) is 1.68. The Balaban J connectivity index is 1.75. The van der Waals surface area contributed by atoms with Crippen LogP contribution in [0.3, 0.4) is 0 Å². The van der Waals surface area contributed by atoms with Gasteiger partial charge in [0.05, 0.1) is 20.2 Å². The van der Waals surface area contributed by atoms with Gasteiger partial charge in [0.2, 0.25) is 0 Å². The van der Waals surface area contributed by atoms with Crippen molar-refractivity contribution in [2.45, 2.75) is 18.6 Å². The largest absolute Gasteiger partial charge is 0.467 e. The minimum atomic E-state index is -4.93. The van der Waals surface area contributed by atoms with Crippen LogP contribution in [0.2, 0.25) is 0 Å². The standard InChI is InChI=1S/C16H16N4O7S/c1-26-15(21)14-13-11(8-18(17-13)7-10-5-3-2-4-6-10)12-9-19(14)16(22)20(12)27-28(23,24)25/h2-6,8,12,14H,7,9H2,1H3,(H,23,24,25)/t12-,14?/m1/s1. The maximum atomic E-state index is 12.5. The summed E-state index contributed by atoms with van der Waals surface area (Å²) in [5, 5.41) is 4.96. The molecule has 12 heteroatoms. The van der Waals surface area contributed by atoms with Gasteiger partial charge in [0.25, 0.3) is 0 Å². The Bertz CT molecular complexity index is 1040. The first-order chi connectivity index (χ1) is 13.3. The molecule has 2 aromatic rings. The second-order valence-electron chi connectivity index (χ2n) is 6.36. The molecule has 2 aliphatic rings. The molecule has 1 aromatic heterocycles. The van der Waals surface area contributed by atoms with Gasteiger partial charge in [-0.15, -0.1) is 4.28 Å². The van der Waals surface area contributed by atoms with Crippen LogP contribution < -0.4 is 0 Å². The fourth-order valence-electron chi connectivity index (χ4n) is 3.49. The third-order valence-electron chi connectivity index (χ3n) is 4.62. The Labute approximate surface area is 160 Å². The lowest BCUT2D eigenvalue weighted by atomic mass is 9.98. The van der Waals surface area contributed by atoms with Gasteiger partial charge < -0.3 is 9.64 Å². The highest BCUT2D eigenvalue weighted by atomic mass is 32.3. The highest BCUT2D eigenvalue weighted by Crippen LogP contribution is 2.44. The molecule has 0 saturated carbocycles. The van der Waals surface area contributed by atoms with Crippen LogP contribution >= 0.6 is 0 Å². The topological polar surface area (TPSA) is 131 Å². The summed E-state index contributed by atoms with van der Waals surface area (Å²) in [7, 11) is -3.75. The van der Waals surface area contributed by atoms with Gasteiger partial charge in [-0.05, 0) is 5.56 Å². The first-order valence-corrected chi connectivity index (χ1v) is 9.61. The Kier molecular flexibility index (Phi) is 4.33. The third-order valence-corrected chi connectivity index (χ3v) is 4.97. The molecule has 2 atom stereocenters. The summed E-state index contributed by atoms with van der Waals surface area (Å²) in [6.45, 7) is 0.389. The van der Waals surface area contributed by atoms with Gasteiger partial charge >= 0.3 is 22.4 Å². The number of urea groups is 1. The molecule has 11 nitrogen and oxygen atoms in total. The highest BCUT2D eigenvalue weighted by Gasteiger charge is 2.54. The number of ether oxygens (including phenoxy) is 1. The smallest absolute Gasteiger partial charge is 0.418 e. The first kappa shape index (κ1) is 18.4. The van der Waals surface area contributed by atoms with Gasteiger partial charge in [-0.25, -0.2) is 9.59 Å². The zero-order valence-electron chi connectivity index (χ0n) is 14.6. The molecule has 0 radical (unpaired) electrons. The summed E-state index contributed by atoms with van der Waals surface area (Å²) in [6, 6.07) is 6.58. The molecule has 2 bridgehead atoms. The zero-order chi connectivity index (χ0) is 20.1. The lowest BCUT2D eigenvalue weighted by Crippen LogP contribution is -2.39. The molecule has 2 amide bonds. The molecule has 148 valence electrons. The predicted octanol–water partition coefficient (Wildman–Crippen LogP) is 0.672. The SMILES string of the molecule is COC(=O)C1c2nn(Cc3ccccc3)cc2[C@H]2CN1C(=O)N2OS(=O)(=O)O. The van der Waals surface area contributed by atoms with Crippen LogP contribution in [-0.2, 0) is 30.8 Å². The van der Waals surface area contributed by atoms with Crippen LogP contribution in [0.15, 0.2) is 36.5 Å². The van der Waals surface area contributed by atoms with E-state index in [1.54, 1.807) is 10.9 Å².